The van der Waals surface area contributed by atoms with E-state index < -0.39 is 0 Å². The molecule has 0 spiro atoms. The first-order valence-corrected chi connectivity index (χ1v) is 6.78. The number of thiophene rings is 1. The molecule has 4 nitrogen and oxygen atoms in total. The topological polar surface area (TPSA) is 49.0 Å². The van der Waals surface area contributed by atoms with E-state index in [0.717, 1.165) is 4.88 Å². The molecule has 0 radical (unpaired) electrons. The summed E-state index contributed by atoms with van der Waals surface area (Å²) in [6, 6.07) is 4.07. The molecule has 0 fully saturated rings. The van der Waals surface area contributed by atoms with E-state index in [0.29, 0.717) is 10.2 Å². The molecule has 17 heavy (non-hydrogen) atoms. The Bertz CT molecular complexity index is 509. The number of rotatable bonds is 3. The van der Waals surface area contributed by atoms with Gasteiger partial charge in [-0.25, -0.2) is 0 Å². The Kier molecular flexibility index (Phi) is 3.63. The van der Waals surface area contributed by atoms with E-state index in [1.165, 1.54) is 0 Å². The second-order valence-electron chi connectivity index (χ2n) is 3.70. The molecular weight excluding hydrogens is 302 g/mol. The molecule has 2 rings (SSSR count). The van der Waals surface area contributed by atoms with Gasteiger partial charge in [0.25, 0.3) is 5.91 Å². The van der Waals surface area contributed by atoms with Crippen LogP contribution in [-0.2, 0) is 0 Å². The van der Waals surface area contributed by atoms with Gasteiger partial charge in [0, 0.05) is 11.9 Å². The Morgan fingerprint density at radius 2 is 2.41 bits per heavy atom. The van der Waals surface area contributed by atoms with Crippen LogP contribution in [0, 0.1) is 0 Å². The Morgan fingerprint density at radius 1 is 1.65 bits per heavy atom. The van der Waals surface area contributed by atoms with E-state index in [9.17, 15) is 4.79 Å². The molecule has 2 aromatic heterocycles. The molecule has 6 heteroatoms. The maximum Gasteiger partial charge on any atom is 0.273 e. The molecule has 0 aliphatic rings. The predicted molar refractivity (Wildman–Crippen MR) is 71.1 cm³/mol. The minimum absolute atomic E-state index is 0.0534. The molecule has 1 atom stereocenters. The molecule has 0 saturated heterocycles. The van der Waals surface area contributed by atoms with Crippen molar-refractivity contribution in [1.82, 2.24) is 15.1 Å². The fraction of sp³-hybridized carbons (Fsp3) is 0.273. The van der Waals surface area contributed by atoms with Gasteiger partial charge in [-0.3, -0.25) is 9.89 Å². The van der Waals surface area contributed by atoms with Crippen LogP contribution in [-0.4, -0.2) is 28.1 Å². The van der Waals surface area contributed by atoms with Gasteiger partial charge < -0.3 is 4.90 Å². The number of carbonyl (C=O) groups excluding carboxylic acids is 1. The molecule has 0 bridgehead atoms. The molecule has 1 N–H and O–H groups in total. The fourth-order valence-electron chi connectivity index (χ4n) is 1.49. The zero-order valence-electron chi connectivity index (χ0n) is 9.48. The van der Waals surface area contributed by atoms with Crippen LogP contribution >= 0.6 is 27.3 Å². The van der Waals surface area contributed by atoms with Gasteiger partial charge in [-0.1, -0.05) is 6.07 Å². The van der Waals surface area contributed by atoms with Crippen LogP contribution < -0.4 is 0 Å². The maximum absolute atomic E-state index is 12.2. The standard InChI is InChI=1S/C11H12BrN3OS/c1-7(9-4-3-5-17-9)15(2)11(16)10-8(12)6-13-14-10/h3-7H,1-2H3,(H,13,14)/t7-/m0/s1. The van der Waals surface area contributed by atoms with Gasteiger partial charge in [0.1, 0.15) is 5.69 Å². The van der Waals surface area contributed by atoms with Gasteiger partial charge in [-0.2, -0.15) is 5.10 Å². The number of halogens is 1. The van der Waals surface area contributed by atoms with E-state index in [4.69, 9.17) is 0 Å². The summed E-state index contributed by atoms with van der Waals surface area (Å²) in [6.07, 6.45) is 1.58. The number of aromatic nitrogens is 2. The number of carbonyl (C=O) groups is 1. The molecule has 1 amide bonds. The third-order valence-electron chi connectivity index (χ3n) is 2.66. The molecule has 90 valence electrons. The lowest BCUT2D eigenvalue weighted by molar-refractivity contribution is 0.0738. The summed E-state index contributed by atoms with van der Waals surface area (Å²) in [5.74, 6) is -0.0738. The van der Waals surface area contributed by atoms with Crippen molar-refractivity contribution in [3.05, 3.63) is 38.8 Å². The summed E-state index contributed by atoms with van der Waals surface area (Å²) < 4.78 is 0.688. The average molecular weight is 314 g/mol. The minimum atomic E-state index is -0.0738. The van der Waals surface area contributed by atoms with E-state index in [2.05, 4.69) is 26.1 Å². The van der Waals surface area contributed by atoms with Crippen molar-refractivity contribution in [2.45, 2.75) is 13.0 Å². The summed E-state index contributed by atoms with van der Waals surface area (Å²) >= 11 is 4.94. The van der Waals surface area contributed by atoms with Crippen LogP contribution in [0.2, 0.25) is 0 Å². The van der Waals surface area contributed by atoms with E-state index in [-0.39, 0.29) is 11.9 Å². The molecule has 2 aromatic rings. The highest BCUT2D eigenvalue weighted by Gasteiger charge is 2.22. The van der Waals surface area contributed by atoms with Crippen LogP contribution in [0.3, 0.4) is 0 Å². The number of nitrogens with one attached hydrogen (secondary N) is 1. The Morgan fingerprint density at radius 3 is 2.94 bits per heavy atom. The van der Waals surface area contributed by atoms with Crippen molar-refractivity contribution < 1.29 is 4.79 Å². The fourth-order valence-corrected chi connectivity index (χ4v) is 2.68. The zero-order chi connectivity index (χ0) is 12.4. The molecule has 0 aliphatic heterocycles. The van der Waals surface area contributed by atoms with Crippen LogP contribution in [0.1, 0.15) is 28.3 Å². The number of aromatic amines is 1. The lowest BCUT2D eigenvalue weighted by Gasteiger charge is -2.23. The lowest BCUT2D eigenvalue weighted by Crippen LogP contribution is -2.29. The number of nitrogens with zero attached hydrogens (tertiary/aromatic N) is 2. The highest BCUT2D eigenvalue weighted by Crippen LogP contribution is 2.25. The first-order chi connectivity index (χ1) is 8.11. The van der Waals surface area contributed by atoms with Crippen molar-refractivity contribution in [1.29, 1.82) is 0 Å². The van der Waals surface area contributed by atoms with Gasteiger partial charge in [-0.15, -0.1) is 11.3 Å². The van der Waals surface area contributed by atoms with E-state index in [1.54, 1.807) is 29.5 Å². The number of hydrogen-bond donors (Lipinski definition) is 1. The van der Waals surface area contributed by atoms with Crippen molar-refractivity contribution in [3.63, 3.8) is 0 Å². The normalized spacial score (nSPS) is 12.4. The SMILES string of the molecule is C[C@@H](c1cccs1)N(C)C(=O)c1[nH]ncc1Br. The number of amides is 1. The van der Waals surface area contributed by atoms with E-state index >= 15 is 0 Å². The summed E-state index contributed by atoms with van der Waals surface area (Å²) in [5, 5.41) is 8.54. The highest BCUT2D eigenvalue weighted by atomic mass is 79.9. The van der Waals surface area contributed by atoms with Crippen molar-refractivity contribution in [2.75, 3.05) is 7.05 Å². The first-order valence-electron chi connectivity index (χ1n) is 5.10. The number of H-pyrrole nitrogens is 1. The molecule has 0 saturated carbocycles. The van der Waals surface area contributed by atoms with Crippen molar-refractivity contribution in [2.24, 2.45) is 0 Å². The zero-order valence-corrected chi connectivity index (χ0v) is 11.9. The number of hydrogen-bond acceptors (Lipinski definition) is 3. The summed E-state index contributed by atoms with van der Waals surface area (Å²) in [7, 11) is 1.79. The van der Waals surface area contributed by atoms with Crippen LogP contribution in [0.4, 0.5) is 0 Å². The van der Waals surface area contributed by atoms with Gasteiger partial charge in [0.15, 0.2) is 0 Å². The second-order valence-corrected chi connectivity index (χ2v) is 5.53. The molecule has 0 aliphatic carbocycles. The largest absolute Gasteiger partial charge is 0.333 e. The van der Waals surface area contributed by atoms with E-state index in [1.807, 2.05) is 24.4 Å². The van der Waals surface area contributed by atoms with Crippen LogP contribution in [0.25, 0.3) is 0 Å². The Hall–Kier alpha value is -1.14. The predicted octanol–water partition coefficient (Wildman–Crippen LogP) is 3.07. The van der Waals surface area contributed by atoms with Gasteiger partial charge in [0.2, 0.25) is 0 Å². The molecular formula is C11H12BrN3OS. The highest BCUT2D eigenvalue weighted by molar-refractivity contribution is 9.10. The summed E-state index contributed by atoms with van der Waals surface area (Å²) in [5.41, 5.74) is 0.482. The average Bonchev–Trinajstić information content (AvgIpc) is 2.96. The van der Waals surface area contributed by atoms with Gasteiger partial charge in [0.05, 0.1) is 16.7 Å². The van der Waals surface area contributed by atoms with Crippen LogP contribution in [0.5, 0.6) is 0 Å². The smallest absolute Gasteiger partial charge is 0.273 e. The monoisotopic (exact) mass is 313 g/mol. The maximum atomic E-state index is 12.2. The molecule has 2 heterocycles. The third kappa shape index (κ3) is 2.42. The third-order valence-corrected chi connectivity index (χ3v) is 4.31. The van der Waals surface area contributed by atoms with Gasteiger partial charge >= 0.3 is 0 Å². The summed E-state index contributed by atoms with van der Waals surface area (Å²) in [6.45, 7) is 2.01. The minimum Gasteiger partial charge on any atom is -0.333 e. The Balaban J connectivity index is 2.18. The van der Waals surface area contributed by atoms with Crippen molar-refractivity contribution >= 4 is 33.2 Å². The summed E-state index contributed by atoms with van der Waals surface area (Å²) in [4.78, 5) is 15.1. The molecule has 0 unspecified atom stereocenters. The van der Waals surface area contributed by atoms with Crippen molar-refractivity contribution in [3.8, 4) is 0 Å². The lowest BCUT2D eigenvalue weighted by atomic mass is 10.2. The van der Waals surface area contributed by atoms with Gasteiger partial charge in [-0.05, 0) is 34.3 Å². The quantitative estimate of drug-likeness (QED) is 0.946. The first kappa shape index (κ1) is 12.3. The van der Waals surface area contributed by atoms with Crippen LogP contribution in [0.15, 0.2) is 28.2 Å². The molecule has 0 aromatic carbocycles. The second kappa shape index (κ2) is 5.01. The Labute approximate surface area is 112 Å².